The van der Waals surface area contributed by atoms with Crippen LogP contribution in [-0.4, -0.2) is 36.5 Å². The van der Waals surface area contributed by atoms with Gasteiger partial charge in [-0.1, -0.05) is 43.5 Å². The minimum absolute atomic E-state index is 0.163. The predicted molar refractivity (Wildman–Crippen MR) is 95.9 cm³/mol. The maximum atomic E-state index is 12.0. The molecular formula is C18H26ClN3O2. The number of hydrogen-bond acceptors (Lipinski definition) is 3. The number of imide groups is 1. The zero-order chi connectivity index (χ0) is 17.5. The van der Waals surface area contributed by atoms with Crippen LogP contribution in [0.5, 0.6) is 0 Å². The number of rotatable bonds is 5. The first kappa shape index (κ1) is 18.7. The Balaban J connectivity index is 1.73. The van der Waals surface area contributed by atoms with Crippen LogP contribution in [0.3, 0.4) is 0 Å². The van der Waals surface area contributed by atoms with E-state index in [1.165, 1.54) is 6.42 Å². The fourth-order valence-corrected chi connectivity index (χ4v) is 3.23. The number of amides is 3. The number of benzene rings is 1. The monoisotopic (exact) mass is 351 g/mol. The summed E-state index contributed by atoms with van der Waals surface area (Å²) in [6, 6.07) is 7.27. The van der Waals surface area contributed by atoms with Crippen molar-refractivity contribution in [1.29, 1.82) is 0 Å². The highest BCUT2D eigenvalue weighted by Gasteiger charge is 2.23. The maximum Gasteiger partial charge on any atom is 0.321 e. The van der Waals surface area contributed by atoms with E-state index in [0.717, 1.165) is 24.8 Å². The highest BCUT2D eigenvalue weighted by atomic mass is 35.5. The normalized spacial score (nSPS) is 20.7. The number of nitrogens with one attached hydrogen (secondary N) is 2. The predicted octanol–water partition coefficient (Wildman–Crippen LogP) is 3.18. The van der Waals surface area contributed by atoms with Crippen molar-refractivity contribution in [3.8, 4) is 0 Å². The number of carbonyl (C=O) groups is 2. The molecule has 3 amide bonds. The van der Waals surface area contributed by atoms with E-state index in [-0.39, 0.29) is 18.5 Å². The number of hydrogen-bond donors (Lipinski definition) is 2. The highest BCUT2D eigenvalue weighted by molar-refractivity contribution is 6.30. The van der Waals surface area contributed by atoms with Crippen molar-refractivity contribution in [3.63, 3.8) is 0 Å². The summed E-state index contributed by atoms with van der Waals surface area (Å²) in [6.45, 7) is 2.92. The second-order valence-corrected chi connectivity index (χ2v) is 7.13. The molecule has 1 aromatic carbocycles. The molecule has 2 atom stereocenters. The molecule has 2 N–H and O–H groups in total. The van der Waals surface area contributed by atoms with Crippen LogP contribution in [0.2, 0.25) is 5.02 Å². The second-order valence-electron chi connectivity index (χ2n) is 6.69. The third kappa shape index (κ3) is 6.13. The summed E-state index contributed by atoms with van der Waals surface area (Å²) in [7, 11) is 1.84. The molecule has 1 aliphatic rings. The third-order valence-corrected chi connectivity index (χ3v) is 4.71. The van der Waals surface area contributed by atoms with Crippen molar-refractivity contribution in [2.24, 2.45) is 5.92 Å². The molecule has 0 aromatic heterocycles. The van der Waals surface area contributed by atoms with E-state index in [0.29, 0.717) is 17.5 Å². The number of carbonyl (C=O) groups excluding carboxylic acids is 2. The van der Waals surface area contributed by atoms with Gasteiger partial charge in [0.15, 0.2) is 0 Å². The van der Waals surface area contributed by atoms with Crippen LogP contribution >= 0.6 is 11.6 Å². The van der Waals surface area contributed by atoms with Crippen molar-refractivity contribution >= 4 is 23.5 Å². The fraction of sp³-hybridized carbons (Fsp3) is 0.556. The first-order chi connectivity index (χ1) is 11.4. The van der Waals surface area contributed by atoms with Gasteiger partial charge in [0.25, 0.3) is 0 Å². The van der Waals surface area contributed by atoms with Crippen LogP contribution in [0, 0.1) is 5.92 Å². The smallest absolute Gasteiger partial charge is 0.321 e. The maximum absolute atomic E-state index is 12.0. The lowest BCUT2D eigenvalue weighted by molar-refractivity contribution is -0.121. The van der Waals surface area contributed by atoms with Gasteiger partial charge < -0.3 is 5.32 Å². The van der Waals surface area contributed by atoms with E-state index in [4.69, 9.17) is 11.6 Å². The van der Waals surface area contributed by atoms with Crippen LogP contribution in [0.15, 0.2) is 24.3 Å². The molecule has 2 rings (SSSR count). The molecule has 1 aromatic rings. The molecule has 1 saturated carbocycles. The minimum atomic E-state index is -0.390. The molecule has 1 aliphatic carbocycles. The SMILES string of the molecule is CC1CCCCC1NC(=O)NC(=O)CN(C)Cc1ccc(Cl)cc1. The van der Waals surface area contributed by atoms with Gasteiger partial charge >= 0.3 is 6.03 Å². The van der Waals surface area contributed by atoms with Gasteiger partial charge in [0.2, 0.25) is 5.91 Å². The van der Waals surface area contributed by atoms with Gasteiger partial charge in [0.05, 0.1) is 6.54 Å². The summed E-state index contributed by atoms with van der Waals surface area (Å²) in [5.74, 6) is 0.166. The van der Waals surface area contributed by atoms with E-state index in [1.807, 2.05) is 36.2 Å². The van der Waals surface area contributed by atoms with E-state index in [1.54, 1.807) is 0 Å². The highest BCUT2D eigenvalue weighted by Crippen LogP contribution is 2.23. The fourth-order valence-electron chi connectivity index (χ4n) is 3.10. The Bertz CT molecular complexity index is 562. The van der Waals surface area contributed by atoms with Gasteiger partial charge in [-0.3, -0.25) is 15.0 Å². The molecule has 0 bridgehead atoms. The van der Waals surface area contributed by atoms with E-state index in [2.05, 4.69) is 17.6 Å². The first-order valence-electron chi connectivity index (χ1n) is 8.47. The molecule has 2 unspecified atom stereocenters. The molecule has 6 heteroatoms. The first-order valence-corrected chi connectivity index (χ1v) is 8.85. The van der Waals surface area contributed by atoms with Crippen molar-refractivity contribution in [2.75, 3.05) is 13.6 Å². The lowest BCUT2D eigenvalue weighted by Gasteiger charge is -2.29. The van der Waals surface area contributed by atoms with Crippen molar-refractivity contribution in [2.45, 2.75) is 45.2 Å². The Morgan fingerprint density at radius 3 is 2.54 bits per heavy atom. The lowest BCUT2D eigenvalue weighted by Crippen LogP contribution is -2.49. The summed E-state index contributed by atoms with van der Waals surface area (Å²) >= 11 is 5.86. The van der Waals surface area contributed by atoms with Crippen molar-refractivity contribution in [3.05, 3.63) is 34.9 Å². The lowest BCUT2D eigenvalue weighted by atomic mass is 9.86. The van der Waals surface area contributed by atoms with Gasteiger partial charge in [-0.15, -0.1) is 0 Å². The Labute approximate surface area is 148 Å². The summed E-state index contributed by atoms with van der Waals surface area (Å²) in [5, 5.41) is 6.03. The van der Waals surface area contributed by atoms with E-state index in [9.17, 15) is 9.59 Å². The van der Waals surface area contributed by atoms with Gasteiger partial charge in [0.1, 0.15) is 0 Å². The van der Waals surface area contributed by atoms with Crippen LogP contribution in [0.25, 0.3) is 0 Å². The van der Waals surface area contributed by atoms with Gasteiger partial charge in [-0.05, 0) is 43.5 Å². The number of urea groups is 1. The van der Waals surface area contributed by atoms with Gasteiger partial charge in [0, 0.05) is 17.6 Å². The Kier molecular flexibility index (Phi) is 7.06. The average molecular weight is 352 g/mol. The Morgan fingerprint density at radius 2 is 1.88 bits per heavy atom. The molecule has 0 spiro atoms. The summed E-state index contributed by atoms with van der Waals surface area (Å²) in [6.07, 6.45) is 4.46. The van der Waals surface area contributed by atoms with Crippen LogP contribution < -0.4 is 10.6 Å². The molecular weight excluding hydrogens is 326 g/mol. The summed E-state index contributed by atoms with van der Waals surface area (Å²) in [5.41, 5.74) is 1.06. The quantitative estimate of drug-likeness (QED) is 0.856. The average Bonchev–Trinajstić information content (AvgIpc) is 2.51. The second kappa shape index (κ2) is 9.04. The van der Waals surface area contributed by atoms with Crippen molar-refractivity contribution in [1.82, 2.24) is 15.5 Å². The van der Waals surface area contributed by atoms with Crippen LogP contribution in [-0.2, 0) is 11.3 Å². The van der Waals surface area contributed by atoms with Crippen molar-refractivity contribution < 1.29 is 9.59 Å². The molecule has 0 aliphatic heterocycles. The van der Waals surface area contributed by atoms with Gasteiger partial charge in [-0.2, -0.15) is 0 Å². The number of likely N-dealkylation sites (N-methyl/N-ethyl adjacent to an activating group) is 1. The molecule has 0 saturated heterocycles. The zero-order valence-corrected chi connectivity index (χ0v) is 15.1. The third-order valence-electron chi connectivity index (χ3n) is 4.46. The molecule has 0 radical (unpaired) electrons. The van der Waals surface area contributed by atoms with E-state index < -0.39 is 6.03 Å². The molecule has 1 fully saturated rings. The van der Waals surface area contributed by atoms with Gasteiger partial charge in [-0.25, -0.2) is 4.79 Å². The Morgan fingerprint density at radius 1 is 1.21 bits per heavy atom. The molecule has 132 valence electrons. The largest absolute Gasteiger partial charge is 0.335 e. The van der Waals surface area contributed by atoms with Crippen LogP contribution in [0.4, 0.5) is 4.79 Å². The number of halogens is 1. The zero-order valence-electron chi connectivity index (χ0n) is 14.3. The molecule has 5 nitrogen and oxygen atoms in total. The molecule has 24 heavy (non-hydrogen) atoms. The van der Waals surface area contributed by atoms with Crippen LogP contribution in [0.1, 0.15) is 38.2 Å². The van der Waals surface area contributed by atoms with E-state index >= 15 is 0 Å². The topological polar surface area (TPSA) is 61.4 Å². The summed E-state index contributed by atoms with van der Waals surface area (Å²) < 4.78 is 0. The molecule has 0 heterocycles. The standard InChI is InChI=1S/C18H26ClN3O2/c1-13-5-3-4-6-16(13)20-18(24)21-17(23)12-22(2)11-14-7-9-15(19)10-8-14/h7-10,13,16H,3-6,11-12H2,1-2H3,(H2,20,21,23,24). The number of nitrogens with zero attached hydrogens (tertiary/aromatic N) is 1. The minimum Gasteiger partial charge on any atom is -0.335 e. The Hall–Kier alpha value is -1.59. The summed E-state index contributed by atoms with van der Waals surface area (Å²) in [4.78, 5) is 25.8.